The molecule has 0 bridgehead atoms. The maximum absolute atomic E-state index is 12.7. The number of aromatic nitrogens is 4. The van der Waals surface area contributed by atoms with E-state index < -0.39 is 0 Å². The number of carbonyl (C=O) groups is 1. The van der Waals surface area contributed by atoms with Crippen molar-refractivity contribution in [1.82, 2.24) is 20.1 Å². The second-order valence-corrected chi connectivity index (χ2v) is 6.51. The van der Waals surface area contributed by atoms with E-state index in [0.717, 1.165) is 12.8 Å². The highest BCUT2D eigenvalue weighted by Crippen LogP contribution is 2.20. The molecule has 2 heterocycles. The molecule has 0 radical (unpaired) electrons. The van der Waals surface area contributed by atoms with Gasteiger partial charge in [-0.1, -0.05) is 30.6 Å². The van der Waals surface area contributed by atoms with Gasteiger partial charge in [0.25, 0.3) is 5.91 Å². The normalized spacial score (nSPS) is 10.9. The van der Waals surface area contributed by atoms with E-state index in [4.69, 9.17) is 9.26 Å². The average molecular weight is 381 g/mol. The number of aryl methyl sites for hydroxylation is 1. The number of nitrogens with zero attached hydrogens (tertiary/aromatic N) is 5. The van der Waals surface area contributed by atoms with Crippen molar-refractivity contribution >= 4 is 11.9 Å². The molecule has 0 aliphatic rings. The molecule has 0 saturated heterocycles. The van der Waals surface area contributed by atoms with Crippen LogP contribution in [0.1, 0.15) is 32.8 Å². The van der Waals surface area contributed by atoms with E-state index in [0.29, 0.717) is 11.6 Å². The number of hydrogen-bond acceptors (Lipinski definition) is 7. The highest BCUT2D eigenvalue weighted by atomic mass is 16.5. The van der Waals surface area contributed by atoms with Gasteiger partial charge in [0.2, 0.25) is 11.6 Å². The van der Waals surface area contributed by atoms with Gasteiger partial charge in [-0.25, -0.2) is 9.97 Å². The van der Waals surface area contributed by atoms with Crippen LogP contribution in [0.2, 0.25) is 0 Å². The molecule has 1 amide bonds. The van der Waals surface area contributed by atoms with Crippen LogP contribution in [-0.4, -0.2) is 38.7 Å². The maximum Gasteiger partial charge on any atom is 0.331 e. The molecular weight excluding hydrogens is 358 g/mol. The van der Waals surface area contributed by atoms with Gasteiger partial charge in [-0.15, -0.1) is 0 Å². The smallest absolute Gasteiger partial charge is 0.331 e. The summed E-state index contributed by atoms with van der Waals surface area (Å²) in [4.78, 5) is 26.5. The lowest BCUT2D eigenvalue weighted by Gasteiger charge is -2.22. The Morgan fingerprint density at radius 2 is 1.86 bits per heavy atom. The Balaban J connectivity index is 1.68. The molecule has 1 aromatic carbocycles. The number of benzene rings is 1. The minimum Gasteiger partial charge on any atom is -0.484 e. The number of hydrogen-bond donors (Lipinski definition) is 0. The summed E-state index contributed by atoms with van der Waals surface area (Å²) in [6.45, 7) is 5.72. The SMILES string of the molecule is CCCc1ccc(OCC(=O)N(c2nc(-c3ncccn3)no2)C(C)C)cc1. The first-order chi connectivity index (χ1) is 13.6. The molecule has 0 fully saturated rings. The first-order valence-electron chi connectivity index (χ1n) is 9.23. The number of amides is 1. The molecule has 0 spiro atoms. The second kappa shape index (κ2) is 9.07. The molecule has 0 atom stereocenters. The van der Waals surface area contributed by atoms with E-state index in [-0.39, 0.29) is 30.4 Å². The van der Waals surface area contributed by atoms with E-state index >= 15 is 0 Å². The summed E-state index contributed by atoms with van der Waals surface area (Å²) < 4.78 is 10.9. The molecule has 0 aliphatic heterocycles. The number of anilines is 1. The summed E-state index contributed by atoms with van der Waals surface area (Å²) in [5, 5.41) is 3.87. The van der Waals surface area contributed by atoms with Crippen LogP contribution in [0, 0.1) is 0 Å². The van der Waals surface area contributed by atoms with Crippen LogP contribution in [0.3, 0.4) is 0 Å². The van der Waals surface area contributed by atoms with Crippen molar-refractivity contribution in [2.24, 2.45) is 0 Å². The predicted octanol–water partition coefficient (Wildman–Crippen LogP) is 3.30. The topological polar surface area (TPSA) is 94.2 Å². The molecule has 146 valence electrons. The fourth-order valence-corrected chi connectivity index (χ4v) is 2.69. The van der Waals surface area contributed by atoms with Gasteiger partial charge in [0.15, 0.2) is 6.61 Å². The second-order valence-electron chi connectivity index (χ2n) is 6.51. The quantitative estimate of drug-likeness (QED) is 0.591. The van der Waals surface area contributed by atoms with Gasteiger partial charge in [-0.05, 0) is 44.0 Å². The Labute approximate surface area is 163 Å². The van der Waals surface area contributed by atoms with Gasteiger partial charge in [0, 0.05) is 18.4 Å². The number of carbonyl (C=O) groups excluding carboxylic acids is 1. The van der Waals surface area contributed by atoms with Crippen molar-refractivity contribution in [3.8, 4) is 17.4 Å². The standard InChI is InChI=1S/C20H23N5O3/c1-4-6-15-7-9-16(10-8-15)27-13-17(26)25(14(2)3)20-23-19(24-28-20)18-21-11-5-12-22-18/h5,7-12,14H,4,6,13H2,1-3H3. The van der Waals surface area contributed by atoms with Crippen LogP contribution in [0.4, 0.5) is 6.01 Å². The van der Waals surface area contributed by atoms with Crippen molar-refractivity contribution in [3.05, 3.63) is 48.3 Å². The maximum atomic E-state index is 12.7. The first-order valence-corrected chi connectivity index (χ1v) is 9.23. The fraction of sp³-hybridized carbons (Fsp3) is 0.350. The fourth-order valence-electron chi connectivity index (χ4n) is 2.69. The third kappa shape index (κ3) is 4.70. The zero-order chi connectivity index (χ0) is 19.9. The monoisotopic (exact) mass is 381 g/mol. The van der Waals surface area contributed by atoms with E-state index in [2.05, 4.69) is 27.0 Å². The van der Waals surface area contributed by atoms with Crippen molar-refractivity contribution < 1.29 is 14.1 Å². The molecule has 3 aromatic rings. The molecule has 0 N–H and O–H groups in total. The molecule has 0 saturated carbocycles. The lowest BCUT2D eigenvalue weighted by molar-refractivity contribution is -0.121. The van der Waals surface area contributed by atoms with Gasteiger partial charge in [0.1, 0.15) is 5.75 Å². The Hall–Kier alpha value is -3.29. The van der Waals surface area contributed by atoms with E-state index in [9.17, 15) is 4.79 Å². The van der Waals surface area contributed by atoms with Gasteiger partial charge in [0.05, 0.1) is 0 Å². The van der Waals surface area contributed by atoms with Crippen LogP contribution < -0.4 is 9.64 Å². The van der Waals surface area contributed by atoms with Crippen LogP contribution in [-0.2, 0) is 11.2 Å². The zero-order valence-corrected chi connectivity index (χ0v) is 16.2. The Morgan fingerprint density at radius 1 is 1.14 bits per heavy atom. The largest absolute Gasteiger partial charge is 0.484 e. The third-order valence-corrected chi connectivity index (χ3v) is 4.00. The Kier molecular flexibility index (Phi) is 6.31. The minimum atomic E-state index is -0.281. The van der Waals surface area contributed by atoms with Gasteiger partial charge in [-0.3, -0.25) is 9.69 Å². The van der Waals surface area contributed by atoms with Crippen molar-refractivity contribution in [3.63, 3.8) is 0 Å². The Bertz CT molecular complexity index is 894. The van der Waals surface area contributed by atoms with Gasteiger partial charge in [-0.2, -0.15) is 4.98 Å². The van der Waals surface area contributed by atoms with Crippen LogP contribution in [0.25, 0.3) is 11.6 Å². The van der Waals surface area contributed by atoms with Gasteiger partial charge < -0.3 is 9.26 Å². The van der Waals surface area contributed by atoms with Crippen LogP contribution >= 0.6 is 0 Å². The van der Waals surface area contributed by atoms with Crippen molar-refractivity contribution in [2.45, 2.75) is 39.7 Å². The third-order valence-electron chi connectivity index (χ3n) is 4.00. The lowest BCUT2D eigenvalue weighted by Crippen LogP contribution is -2.40. The van der Waals surface area contributed by atoms with Crippen molar-refractivity contribution in [2.75, 3.05) is 11.5 Å². The highest BCUT2D eigenvalue weighted by molar-refractivity contribution is 5.93. The van der Waals surface area contributed by atoms with Crippen LogP contribution in [0.5, 0.6) is 5.75 Å². The molecular formula is C20H23N5O3. The summed E-state index contributed by atoms with van der Waals surface area (Å²) >= 11 is 0. The highest BCUT2D eigenvalue weighted by Gasteiger charge is 2.26. The summed E-state index contributed by atoms with van der Waals surface area (Å²) in [7, 11) is 0. The minimum absolute atomic E-state index is 0.0874. The van der Waals surface area contributed by atoms with E-state index in [1.165, 1.54) is 10.5 Å². The summed E-state index contributed by atoms with van der Waals surface area (Å²) in [6, 6.07) is 9.35. The van der Waals surface area contributed by atoms with Crippen molar-refractivity contribution in [1.29, 1.82) is 0 Å². The number of rotatable bonds is 8. The molecule has 8 nitrogen and oxygen atoms in total. The molecule has 2 aromatic heterocycles. The number of ether oxygens (including phenoxy) is 1. The van der Waals surface area contributed by atoms with E-state index in [1.807, 2.05) is 38.1 Å². The lowest BCUT2D eigenvalue weighted by atomic mass is 10.1. The summed E-state index contributed by atoms with van der Waals surface area (Å²) in [5.74, 6) is 0.913. The predicted molar refractivity (Wildman–Crippen MR) is 104 cm³/mol. The molecule has 8 heteroatoms. The average Bonchev–Trinajstić information content (AvgIpc) is 3.18. The van der Waals surface area contributed by atoms with Gasteiger partial charge >= 0.3 is 6.01 Å². The van der Waals surface area contributed by atoms with Crippen LogP contribution in [0.15, 0.2) is 47.2 Å². The molecule has 28 heavy (non-hydrogen) atoms. The molecule has 3 rings (SSSR count). The molecule has 0 aliphatic carbocycles. The van der Waals surface area contributed by atoms with E-state index in [1.54, 1.807) is 18.5 Å². The molecule has 0 unspecified atom stereocenters. The summed E-state index contributed by atoms with van der Waals surface area (Å²) in [6.07, 6.45) is 5.28. The zero-order valence-electron chi connectivity index (χ0n) is 16.2. The Morgan fingerprint density at radius 3 is 2.50 bits per heavy atom. The first kappa shape index (κ1) is 19.5. The summed E-state index contributed by atoms with van der Waals surface area (Å²) in [5.41, 5.74) is 1.24.